The van der Waals surface area contributed by atoms with Gasteiger partial charge in [-0.2, -0.15) is 0 Å². The van der Waals surface area contributed by atoms with Crippen LogP contribution < -0.4 is 14.8 Å². The summed E-state index contributed by atoms with van der Waals surface area (Å²) in [4.78, 5) is 4.71. The van der Waals surface area contributed by atoms with E-state index in [1.54, 1.807) is 14.2 Å². The largest absolute Gasteiger partial charge is 0.493 e. The number of methoxy groups -OCH3 is 2. The zero-order valence-electron chi connectivity index (χ0n) is 14.7. The van der Waals surface area contributed by atoms with Crippen molar-refractivity contribution in [2.45, 2.75) is 20.8 Å². The Morgan fingerprint density at radius 2 is 1.62 bits per heavy atom. The summed E-state index contributed by atoms with van der Waals surface area (Å²) in [6.07, 6.45) is 0. The van der Waals surface area contributed by atoms with Gasteiger partial charge in [0, 0.05) is 28.5 Å². The van der Waals surface area contributed by atoms with E-state index in [4.69, 9.17) is 14.5 Å². The van der Waals surface area contributed by atoms with Crippen LogP contribution in [0.25, 0.3) is 10.9 Å². The van der Waals surface area contributed by atoms with E-state index in [2.05, 4.69) is 37.4 Å². The number of anilines is 2. The standard InChI is InChI=1S/C20H22N2O2/c1-12-6-8-16-17(10-13(2)21-20(16)14(12)3)22-15-7-9-18(23-4)19(11-15)24-5/h6-11H,1-5H3,(H,21,22). The van der Waals surface area contributed by atoms with Crippen molar-refractivity contribution in [3.63, 3.8) is 0 Å². The van der Waals surface area contributed by atoms with E-state index in [1.165, 1.54) is 11.1 Å². The highest BCUT2D eigenvalue weighted by Gasteiger charge is 2.10. The maximum atomic E-state index is 5.38. The molecule has 24 heavy (non-hydrogen) atoms. The average molecular weight is 322 g/mol. The molecule has 0 aliphatic carbocycles. The van der Waals surface area contributed by atoms with Gasteiger partial charge in [-0.15, -0.1) is 0 Å². The number of aromatic nitrogens is 1. The highest BCUT2D eigenvalue weighted by atomic mass is 16.5. The fraction of sp³-hybridized carbons (Fsp3) is 0.250. The first-order valence-corrected chi connectivity index (χ1v) is 7.90. The summed E-state index contributed by atoms with van der Waals surface area (Å²) < 4.78 is 10.7. The fourth-order valence-electron chi connectivity index (χ4n) is 2.83. The first-order valence-electron chi connectivity index (χ1n) is 7.90. The van der Waals surface area contributed by atoms with Gasteiger partial charge in [-0.1, -0.05) is 12.1 Å². The van der Waals surface area contributed by atoms with Gasteiger partial charge >= 0.3 is 0 Å². The Labute approximate surface area is 142 Å². The normalized spacial score (nSPS) is 10.7. The number of hydrogen-bond acceptors (Lipinski definition) is 4. The Morgan fingerprint density at radius 3 is 2.33 bits per heavy atom. The third-order valence-corrected chi connectivity index (χ3v) is 4.30. The second-order valence-electron chi connectivity index (χ2n) is 5.91. The highest BCUT2D eigenvalue weighted by Crippen LogP contribution is 2.33. The molecule has 0 bridgehead atoms. The highest BCUT2D eigenvalue weighted by molar-refractivity contribution is 5.95. The van der Waals surface area contributed by atoms with Crippen LogP contribution in [-0.2, 0) is 0 Å². The van der Waals surface area contributed by atoms with E-state index >= 15 is 0 Å². The van der Waals surface area contributed by atoms with Crippen LogP contribution in [0.2, 0.25) is 0 Å². The molecule has 0 aliphatic heterocycles. The van der Waals surface area contributed by atoms with Crippen LogP contribution in [-0.4, -0.2) is 19.2 Å². The number of ether oxygens (including phenoxy) is 2. The van der Waals surface area contributed by atoms with Gasteiger partial charge in [0.15, 0.2) is 11.5 Å². The molecule has 0 saturated heterocycles. The number of fused-ring (bicyclic) bond motifs is 1. The molecule has 0 fully saturated rings. The summed E-state index contributed by atoms with van der Waals surface area (Å²) in [6, 6.07) is 12.1. The third kappa shape index (κ3) is 2.87. The van der Waals surface area contributed by atoms with E-state index in [0.717, 1.165) is 28.0 Å². The third-order valence-electron chi connectivity index (χ3n) is 4.30. The van der Waals surface area contributed by atoms with E-state index in [0.29, 0.717) is 11.5 Å². The van der Waals surface area contributed by atoms with E-state index in [-0.39, 0.29) is 0 Å². The van der Waals surface area contributed by atoms with Gasteiger partial charge in [-0.3, -0.25) is 4.98 Å². The van der Waals surface area contributed by atoms with Crippen LogP contribution in [0.3, 0.4) is 0 Å². The molecule has 2 aromatic carbocycles. The van der Waals surface area contributed by atoms with Gasteiger partial charge in [0.05, 0.1) is 19.7 Å². The monoisotopic (exact) mass is 322 g/mol. The minimum atomic E-state index is 0.699. The molecule has 4 nitrogen and oxygen atoms in total. The minimum absolute atomic E-state index is 0.699. The summed E-state index contributed by atoms with van der Waals surface area (Å²) >= 11 is 0. The number of hydrogen-bond donors (Lipinski definition) is 1. The topological polar surface area (TPSA) is 43.4 Å². The summed E-state index contributed by atoms with van der Waals surface area (Å²) in [7, 11) is 3.27. The Bertz CT molecular complexity index is 904. The van der Waals surface area contributed by atoms with Crippen molar-refractivity contribution in [2.24, 2.45) is 0 Å². The zero-order valence-corrected chi connectivity index (χ0v) is 14.7. The molecule has 0 aliphatic rings. The summed E-state index contributed by atoms with van der Waals surface area (Å²) in [5.74, 6) is 1.41. The lowest BCUT2D eigenvalue weighted by Crippen LogP contribution is -1.98. The van der Waals surface area contributed by atoms with Crippen LogP contribution >= 0.6 is 0 Å². The number of rotatable bonds is 4. The Morgan fingerprint density at radius 1 is 0.875 bits per heavy atom. The molecule has 3 rings (SSSR count). The van der Waals surface area contributed by atoms with Crippen molar-refractivity contribution in [3.8, 4) is 11.5 Å². The molecule has 0 unspecified atom stereocenters. The number of nitrogens with zero attached hydrogens (tertiary/aromatic N) is 1. The molecule has 4 heteroatoms. The van der Waals surface area contributed by atoms with Crippen molar-refractivity contribution in [2.75, 3.05) is 19.5 Å². The van der Waals surface area contributed by atoms with Gasteiger partial charge in [-0.25, -0.2) is 0 Å². The molecule has 0 spiro atoms. The maximum Gasteiger partial charge on any atom is 0.162 e. The number of benzene rings is 2. The number of pyridine rings is 1. The molecule has 0 atom stereocenters. The number of aryl methyl sites for hydroxylation is 3. The van der Waals surface area contributed by atoms with Gasteiger partial charge in [-0.05, 0) is 50.1 Å². The predicted octanol–water partition coefficient (Wildman–Crippen LogP) is 4.92. The van der Waals surface area contributed by atoms with E-state index < -0.39 is 0 Å². The van der Waals surface area contributed by atoms with Gasteiger partial charge < -0.3 is 14.8 Å². The minimum Gasteiger partial charge on any atom is -0.493 e. The Balaban J connectivity index is 2.09. The van der Waals surface area contributed by atoms with Gasteiger partial charge in [0.2, 0.25) is 0 Å². The van der Waals surface area contributed by atoms with Crippen molar-refractivity contribution in [1.29, 1.82) is 0 Å². The molecule has 0 saturated carbocycles. The van der Waals surface area contributed by atoms with Gasteiger partial charge in [0.1, 0.15) is 0 Å². The Hall–Kier alpha value is -2.75. The number of nitrogens with one attached hydrogen (secondary N) is 1. The summed E-state index contributed by atoms with van der Waals surface area (Å²) in [5.41, 5.74) is 6.46. The van der Waals surface area contributed by atoms with Crippen molar-refractivity contribution in [3.05, 3.63) is 53.2 Å². The average Bonchev–Trinajstić information content (AvgIpc) is 2.58. The second kappa shape index (κ2) is 6.40. The maximum absolute atomic E-state index is 5.38. The SMILES string of the molecule is COc1ccc(Nc2cc(C)nc3c(C)c(C)ccc23)cc1OC. The van der Waals surface area contributed by atoms with Crippen LogP contribution in [0.5, 0.6) is 11.5 Å². The van der Waals surface area contributed by atoms with Crippen molar-refractivity contribution < 1.29 is 9.47 Å². The first-order chi connectivity index (χ1) is 11.5. The van der Waals surface area contributed by atoms with Crippen LogP contribution in [0.15, 0.2) is 36.4 Å². The smallest absolute Gasteiger partial charge is 0.162 e. The molecule has 0 radical (unpaired) electrons. The van der Waals surface area contributed by atoms with Crippen molar-refractivity contribution >= 4 is 22.3 Å². The quantitative estimate of drug-likeness (QED) is 0.740. The molecular formula is C20H22N2O2. The summed E-state index contributed by atoms with van der Waals surface area (Å²) in [5, 5.41) is 4.59. The van der Waals surface area contributed by atoms with Crippen LogP contribution in [0, 0.1) is 20.8 Å². The molecule has 1 heterocycles. The van der Waals surface area contributed by atoms with Crippen LogP contribution in [0.1, 0.15) is 16.8 Å². The fourth-order valence-corrected chi connectivity index (χ4v) is 2.83. The second-order valence-corrected chi connectivity index (χ2v) is 5.91. The van der Waals surface area contributed by atoms with Crippen LogP contribution in [0.4, 0.5) is 11.4 Å². The predicted molar refractivity (Wildman–Crippen MR) is 98.8 cm³/mol. The van der Waals surface area contributed by atoms with E-state index in [1.807, 2.05) is 25.1 Å². The lowest BCUT2D eigenvalue weighted by Gasteiger charge is -2.15. The lowest BCUT2D eigenvalue weighted by atomic mass is 10.0. The Kier molecular flexibility index (Phi) is 4.30. The molecule has 124 valence electrons. The molecule has 0 amide bonds. The molecular weight excluding hydrogens is 300 g/mol. The summed E-state index contributed by atoms with van der Waals surface area (Å²) in [6.45, 7) is 6.24. The molecule has 1 aromatic heterocycles. The zero-order chi connectivity index (χ0) is 17.3. The molecule has 1 N–H and O–H groups in total. The van der Waals surface area contributed by atoms with Crippen molar-refractivity contribution in [1.82, 2.24) is 4.98 Å². The first kappa shape index (κ1) is 16.1. The molecule has 3 aromatic rings. The lowest BCUT2D eigenvalue weighted by molar-refractivity contribution is 0.355. The van der Waals surface area contributed by atoms with Gasteiger partial charge in [0.25, 0.3) is 0 Å². The van der Waals surface area contributed by atoms with E-state index in [9.17, 15) is 0 Å².